The number of hydrogen-bond acceptors (Lipinski definition) is 8. The molecular weight excluding hydrogens is 823 g/mol. The van der Waals surface area contributed by atoms with Crippen molar-refractivity contribution in [3.8, 4) is 0 Å². The van der Waals surface area contributed by atoms with Gasteiger partial charge in [0.1, 0.15) is 0 Å². The number of benzene rings is 2. The summed E-state index contributed by atoms with van der Waals surface area (Å²) in [7, 11) is -10.3. The second-order valence-corrected chi connectivity index (χ2v) is 19.0. The zero-order chi connectivity index (χ0) is 42.7. The Morgan fingerprint density at radius 3 is 1.04 bits per heavy atom. The van der Waals surface area contributed by atoms with Crippen LogP contribution in [0.2, 0.25) is 0 Å². The molecule has 11 nitrogen and oxygen atoms in total. The molecule has 15 heteroatoms. The monoisotopic (exact) mass is 899 g/mol. The van der Waals surface area contributed by atoms with Gasteiger partial charge in [0.25, 0.3) is 30.4 Å². The van der Waals surface area contributed by atoms with Crippen molar-refractivity contribution < 1.29 is 65.7 Å². The van der Waals surface area contributed by atoms with Crippen molar-refractivity contribution in [3.63, 3.8) is 0 Å². The van der Waals surface area contributed by atoms with E-state index in [2.05, 4.69) is 19.2 Å². The van der Waals surface area contributed by atoms with Crippen molar-refractivity contribution >= 4 is 30.4 Å². The summed E-state index contributed by atoms with van der Waals surface area (Å²) in [4.78, 5) is -0.00541. The minimum atomic E-state index is -4.08. The average molecular weight is 900 g/mol. The third-order valence-corrected chi connectivity index (χ3v) is 11.1. The van der Waals surface area contributed by atoms with Crippen LogP contribution < -0.4 is 5.32 Å². The molecule has 0 atom stereocenters. The average Bonchev–Trinajstić information content (AvgIpc) is 3.12. The van der Waals surface area contributed by atoms with Gasteiger partial charge in [0.05, 0.1) is 15.5 Å². The van der Waals surface area contributed by atoms with Crippen LogP contribution in [0.1, 0.15) is 167 Å². The van der Waals surface area contributed by atoms with E-state index >= 15 is 0 Å². The minimum absolute atomic E-state index is 0. The van der Waals surface area contributed by atoms with Crippen molar-refractivity contribution in [1.29, 1.82) is 0 Å². The van der Waals surface area contributed by atoms with E-state index in [1.54, 1.807) is 45.2 Å². The molecule has 332 valence electrons. The first-order valence-corrected chi connectivity index (χ1v) is 25.3. The van der Waals surface area contributed by atoms with Crippen molar-refractivity contribution in [1.82, 2.24) is 5.32 Å². The van der Waals surface area contributed by atoms with E-state index in [0.29, 0.717) is 6.54 Å². The maximum atomic E-state index is 11.1. The zero-order valence-corrected chi connectivity index (χ0v) is 39.6. The van der Waals surface area contributed by atoms with Gasteiger partial charge < -0.3 is 10.4 Å². The smallest absolute Gasteiger partial charge is 0.294 e. The summed E-state index contributed by atoms with van der Waals surface area (Å²) >= 11 is 0. The fraction of sp³-hybridized carbons (Fsp3) is 0.714. The number of aliphatic hydroxyl groups excluding tert-OH is 1. The van der Waals surface area contributed by atoms with Crippen LogP contribution in [0.4, 0.5) is 0 Å². The summed E-state index contributed by atoms with van der Waals surface area (Å²) in [5.74, 6) is -0.219. The molecule has 0 fully saturated rings. The Morgan fingerprint density at radius 1 is 0.526 bits per heavy atom. The summed E-state index contributed by atoms with van der Waals surface area (Å²) in [6, 6.07) is 13.2. The standard InChI is InChI=1S/2C18H30O3S.C3H9NO3S.C3H8O.Ti/c2*1-2-3-4-5-6-7-8-9-10-11-13-17-14-12-15-18(16-17)22(19,20)21;1-4-2-3-8(5,6)7;1-3(2)4;/h2*12,14-16H,2-11,13H2,1H3,(H,19,20,21);4H,2-3H2,1H3,(H,5,6,7);3-4H,1-2H3;. The van der Waals surface area contributed by atoms with Gasteiger partial charge in [-0.1, -0.05) is 154 Å². The molecule has 57 heavy (non-hydrogen) atoms. The fourth-order valence-corrected chi connectivity index (χ4v) is 7.15. The summed E-state index contributed by atoms with van der Waals surface area (Å²) < 4.78 is 90.3. The maximum absolute atomic E-state index is 11.1. The third-order valence-electron chi connectivity index (χ3n) is 8.64. The molecule has 0 spiro atoms. The molecule has 2 aromatic rings. The predicted molar refractivity (Wildman–Crippen MR) is 231 cm³/mol. The third kappa shape index (κ3) is 42.7. The number of rotatable bonds is 27. The molecule has 0 unspecified atom stereocenters. The van der Waals surface area contributed by atoms with E-state index in [4.69, 9.17) is 18.8 Å². The first-order valence-electron chi connectivity index (χ1n) is 20.8. The summed E-state index contributed by atoms with van der Waals surface area (Å²) in [6.45, 7) is 8.22. The van der Waals surface area contributed by atoms with Crippen molar-refractivity contribution in [2.75, 3.05) is 19.3 Å². The van der Waals surface area contributed by atoms with E-state index in [-0.39, 0.29) is 43.4 Å². The Balaban J connectivity index is -0.000000787. The van der Waals surface area contributed by atoms with Crippen molar-refractivity contribution in [3.05, 3.63) is 59.7 Å². The molecule has 2 aromatic carbocycles. The molecule has 0 bridgehead atoms. The van der Waals surface area contributed by atoms with Gasteiger partial charge in [-0.05, 0) is 82.0 Å². The Morgan fingerprint density at radius 2 is 0.807 bits per heavy atom. The Labute approximate surface area is 363 Å². The molecule has 0 radical (unpaired) electrons. The molecule has 2 rings (SSSR count). The summed E-state index contributed by atoms with van der Waals surface area (Å²) in [6.07, 6.45) is 27.4. The van der Waals surface area contributed by atoms with E-state index in [0.717, 1.165) is 36.8 Å². The van der Waals surface area contributed by atoms with Gasteiger partial charge in [0.2, 0.25) is 0 Å². The van der Waals surface area contributed by atoms with Crippen LogP contribution >= 0.6 is 0 Å². The molecule has 0 aliphatic heterocycles. The fourth-order valence-electron chi connectivity index (χ4n) is 5.59. The van der Waals surface area contributed by atoms with Crippen LogP contribution in [0.25, 0.3) is 0 Å². The van der Waals surface area contributed by atoms with E-state index < -0.39 is 30.4 Å². The number of unbranched alkanes of at least 4 members (excludes halogenated alkanes) is 18. The molecule has 0 heterocycles. The summed E-state index contributed by atoms with van der Waals surface area (Å²) in [5, 5.41) is 10.6. The minimum Gasteiger partial charge on any atom is -0.394 e. The molecule has 0 saturated carbocycles. The molecule has 5 N–H and O–H groups in total. The number of nitrogens with one attached hydrogen (secondary N) is 1. The molecule has 0 amide bonds. The van der Waals surface area contributed by atoms with E-state index in [1.165, 1.54) is 128 Å². The second-order valence-electron chi connectivity index (χ2n) is 14.6. The van der Waals surface area contributed by atoms with Crippen LogP contribution in [-0.4, -0.2) is 69.5 Å². The summed E-state index contributed by atoms with van der Waals surface area (Å²) in [5.41, 5.74) is 1.96. The topological polar surface area (TPSA) is 195 Å². The van der Waals surface area contributed by atoms with Gasteiger partial charge in [0, 0.05) is 34.4 Å². The zero-order valence-electron chi connectivity index (χ0n) is 35.6. The van der Waals surface area contributed by atoms with Gasteiger partial charge in [-0.25, -0.2) is 0 Å². The quantitative estimate of drug-likeness (QED) is 0.0325. The second kappa shape index (κ2) is 37.8. The van der Waals surface area contributed by atoms with Crippen LogP contribution in [0.3, 0.4) is 0 Å². The normalized spacial score (nSPS) is 11.3. The maximum Gasteiger partial charge on any atom is 0.294 e. The Hall–Kier alpha value is -1.20. The molecular formula is C42H77NO10S3Ti. The van der Waals surface area contributed by atoms with Crippen molar-refractivity contribution in [2.24, 2.45) is 0 Å². The SMILES string of the molecule is CC(C)O.CCCCCCCCCCCCc1cccc(S(=O)(=O)O)c1.CCCCCCCCCCCCc1cccc(S(=O)(=O)O)c1.CNCCS(=O)(=O)O.[Ti]. The van der Waals surface area contributed by atoms with Crippen LogP contribution in [0, 0.1) is 0 Å². The van der Waals surface area contributed by atoms with Gasteiger partial charge in [-0.15, -0.1) is 0 Å². The van der Waals surface area contributed by atoms with Gasteiger partial charge in [-0.3, -0.25) is 13.7 Å². The van der Waals surface area contributed by atoms with E-state index in [1.807, 2.05) is 12.1 Å². The van der Waals surface area contributed by atoms with Crippen molar-refractivity contribution in [2.45, 2.75) is 185 Å². The number of aliphatic hydroxyl groups is 1. The van der Waals surface area contributed by atoms with E-state index in [9.17, 15) is 25.3 Å². The molecule has 0 aliphatic carbocycles. The van der Waals surface area contributed by atoms with Crippen LogP contribution in [0.5, 0.6) is 0 Å². The Bertz CT molecular complexity index is 1460. The van der Waals surface area contributed by atoms with Crippen LogP contribution in [-0.2, 0) is 64.9 Å². The van der Waals surface area contributed by atoms with Gasteiger partial charge in [-0.2, -0.15) is 25.3 Å². The first kappa shape index (κ1) is 60.1. The molecule has 0 aromatic heterocycles. The molecule has 0 aliphatic rings. The number of aryl methyl sites for hydroxylation is 2. The van der Waals surface area contributed by atoms with Gasteiger partial charge >= 0.3 is 0 Å². The predicted octanol–water partition coefficient (Wildman–Crippen LogP) is 10.3. The van der Waals surface area contributed by atoms with Gasteiger partial charge in [0.15, 0.2) is 0 Å². The van der Waals surface area contributed by atoms with Crippen LogP contribution in [0.15, 0.2) is 58.3 Å². The first-order chi connectivity index (χ1) is 26.4. The molecule has 0 saturated heterocycles. The Kier molecular flexibility index (Phi) is 39.8. The number of hydrogen-bond donors (Lipinski definition) is 5. The largest absolute Gasteiger partial charge is 0.394 e.